The lowest BCUT2D eigenvalue weighted by atomic mass is 10.2. The van der Waals surface area contributed by atoms with E-state index in [1.54, 1.807) is 17.9 Å². The van der Waals surface area contributed by atoms with E-state index in [9.17, 15) is 27.7 Å². The third kappa shape index (κ3) is 5.33. The van der Waals surface area contributed by atoms with Crippen LogP contribution in [0.4, 0.5) is 15.9 Å². The zero-order valence-corrected chi connectivity index (χ0v) is 17.6. The minimum Gasteiger partial charge on any atom is -0.353 e. The average Bonchev–Trinajstić information content (AvgIpc) is 2.77. The molecule has 31 heavy (non-hydrogen) atoms. The van der Waals surface area contributed by atoms with Crippen molar-refractivity contribution in [1.29, 1.82) is 0 Å². The van der Waals surface area contributed by atoms with Crippen LogP contribution in [0.5, 0.6) is 0 Å². The van der Waals surface area contributed by atoms with Gasteiger partial charge in [-0.2, -0.15) is 4.72 Å². The van der Waals surface area contributed by atoms with Crippen molar-refractivity contribution in [2.24, 2.45) is 0 Å². The van der Waals surface area contributed by atoms with Crippen molar-refractivity contribution in [3.8, 4) is 0 Å². The minimum absolute atomic E-state index is 0.100. The Bertz CT molecular complexity index is 1040. The molecule has 1 amide bonds. The summed E-state index contributed by atoms with van der Waals surface area (Å²) in [5.74, 6) is -0.325. The maximum absolute atomic E-state index is 13.1. The fourth-order valence-electron chi connectivity index (χ4n) is 3.23. The van der Waals surface area contributed by atoms with Crippen LogP contribution in [0.1, 0.15) is 13.3 Å². The number of nitrogens with one attached hydrogen (secondary N) is 1. The van der Waals surface area contributed by atoms with E-state index >= 15 is 0 Å². The minimum atomic E-state index is -3.98. The molecule has 1 unspecified atom stereocenters. The number of amides is 1. The number of sulfonamides is 1. The number of nitro groups is 1. The highest BCUT2D eigenvalue weighted by Crippen LogP contribution is 2.18. The Hall–Kier alpha value is -3.12. The number of pyridine rings is 1. The van der Waals surface area contributed by atoms with Crippen molar-refractivity contribution in [2.45, 2.75) is 24.3 Å². The van der Waals surface area contributed by atoms with Crippen LogP contribution < -0.4 is 9.62 Å². The maximum Gasteiger partial charge on any atom is 0.287 e. The van der Waals surface area contributed by atoms with Gasteiger partial charge in [0.2, 0.25) is 15.9 Å². The van der Waals surface area contributed by atoms with Crippen molar-refractivity contribution >= 4 is 27.4 Å². The summed E-state index contributed by atoms with van der Waals surface area (Å²) in [5.41, 5.74) is -0.100. The first-order valence-corrected chi connectivity index (χ1v) is 11.1. The third-order valence-electron chi connectivity index (χ3n) is 4.99. The van der Waals surface area contributed by atoms with Crippen LogP contribution in [-0.4, -0.2) is 61.4 Å². The SMILES string of the molecule is CCC(NS(=O)(=O)c1ccc(F)cc1)C(=O)N1CCN(c2ccc([N+](=O)[O-])cn2)CC1. The molecule has 2 heterocycles. The van der Waals surface area contributed by atoms with Crippen molar-refractivity contribution in [2.75, 3.05) is 31.1 Å². The van der Waals surface area contributed by atoms with Crippen LogP contribution in [-0.2, 0) is 14.8 Å². The first-order chi connectivity index (χ1) is 14.7. The second-order valence-electron chi connectivity index (χ2n) is 6.98. The molecule has 3 rings (SSSR count). The Morgan fingerprint density at radius 1 is 1.19 bits per heavy atom. The summed E-state index contributed by atoms with van der Waals surface area (Å²) in [4.78, 5) is 30.6. The lowest BCUT2D eigenvalue weighted by Crippen LogP contribution is -2.55. The van der Waals surface area contributed by atoms with Gasteiger partial charge in [-0.3, -0.25) is 14.9 Å². The van der Waals surface area contributed by atoms with Gasteiger partial charge in [0.15, 0.2) is 0 Å². The largest absolute Gasteiger partial charge is 0.353 e. The quantitative estimate of drug-likeness (QED) is 0.500. The molecular formula is C19H22FN5O5S. The number of carbonyl (C=O) groups excluding carboxylic acids is 1. The Labute approximate surface area is 178 Å². The summed E-state index contributed by atoms with van der Waals surface area (Å²) in [7, 11) is -3.98. The van der Waals surface area contributed by atoms with Gasteiger partial charge >= 0.3 is 0 Å². The van der Waals surface area contributed by atoms with E-state index in [1.165, 1.54) is 12.3 Å². The molecule has 1 aromatic carbocycles. The molecule has 10 nitrogen and oxygen atoms in total. The second-order valence-corrected chi connectivity index (χ2v) is 8.69. The molecule has 1 atom stereocenters. The number of hydrogen-bond acceptors (Lipinski definition) is 7. The fourth-order valence-corrected chi connectivity index (χ4v) is 4.50. The van der Waals surface area contributed by atoms with Gasteiger partial charge in [-0.1, -0.05) is 6.92 Å². The number of benzene rings is 1. The van der Waals surface area contributed by atoms with Crippen LogP contribution in [0.25, 0.3) is 0 Å². The van der Waals surface area contributed by atoms with Crippen LogP contribution in [0.2, 0.25) is 0 Å². The molecule has 0 aliphatic carbocycles. The van der Waals surface area contributed by atoms with Gasteiger partial charge in [0.05, 0.1) is 9.82 Å². The molecule has 2 aromatic rings. The van der Waals surface area contributed by atoms with Gasteiger partial charge in [0.1, 0.15) is 23.9 Å². The van der Waals surface area contributed by atoms with Crippen molar-refractivity contribution < 1.29 is 22.5 Å². The highest BCUT2D eigenvalue weighted by atomic mass is 32.2. The predicted octanol–water partition coefficient (Wildman–Crippen LogP) is 1.53. The number of carbonyl (C=O) groups is 1. The summed E-state index contributed by atoms with van der Waals surface area (Å²) in [5, 5.41) is 10.7. The van der Waals surface area contributed by atoms with Gasteiger partial charge in [-0.15, -0.1) is 0 Å². The lowest BCUT2D eigenvalue weighted by Gasteiger charge is -2.36. The number of aromatic nitrogens is 1. The van der Waals surface area contributed by atoms with Crippen molar-refractivity contribution in [3.63, 3.8) is 0 Å². The molecule has 12 heteroatoms. The molecule has 1 aliphatic rings. The smallest absolute Gasteiger partial charge is 0.287 e. The molecule has 0 spiro atoms. The van der Waals surface area contributed by atoms with Crippen molar-refractivity contribution in [1.82, 2.24) is 14.6 Å². The van der Waals surface area contributed by atoms with E-state index in [-0.39, 0.29) is 22.9 Å². The standard InChI is InChI=1S/C19H22FN5O5S/c1-2-17(22-31(29,30)16-6-3-14(20)4-7-16)19(26)24-11-9-23(10-12-24)18-8-5-15(13-21-18)25(27)28/h3-8,13,17,22H,2,9-12H2,1H3. The lowest BCUT2D eigenvalue weighted by molar-refractivity contribution is -0.385. The first kappa shape index (κ1) is 22.6. The van der Waals surface area contributed by atoms with Crippen LogP contribution >= 0.6 is 0 Å². The third-order valence-corrected chi connectivity index (χ3v) is 6.47. The molecule has 166 valence electrons. The summed E-state index contributed by atoms with van der Waals surface area (Å²) in [6, 6.07) is 6.36. The highest BCUT2D eigenvalue weighted by molar-refractivity contribution is 7.89. The summed E-state index contributed by atoms with van der Waals surface area (Å²) >= 11 is 0. The molecule has 1 fully saturated rings. The van der Waals surface area contributed by atoms with E-state index in [0.717, 1.165) is 24.3 Å². The number of halogens is 1. The van der Waals surface area contributed by atoms with E-state index in [0.29, 0.717) is 32.0 Å². The predicted molar refractivity (Wildman–Crippen MR) is 110 cm³/mol. The van der Waals surface area contributed by atoms with E-state index in [1.807, 2.05) is 4.90 Å². The average molecular weight is 451 g/mol. The molecule has 0 radical (unpaired) electrons. The monoisotopic (exact) mass is 451 g/mol. The fraction of sp³-hybridized carbons (Fsp3) is 0.368. The number of piperazine rings is 1. The van der Waals surface area contributed by atoms with Crippen LogP contribution in [0.3, 0.4) is 0 Å². The van der Waals surface area contributed by atoms with Crippen LogP contribution in [0, 0.1) is 15.9 Å². The van der Waals surface area contributed by atoms with Gasteiger partial charge in [-0.05, 0) is 36.8 Å². The topological polar surface area (TPSA) is 126 Å². The molecule has 1 aliphatic heterocycles. The van der Waals surface area contributed by atoms with E-state index < -0.39 is 26.8 Å². The Morgan fingerprint density at radius 3 is 2.35 bits per heavy atom. The first-order valence-electron chi connectivity index (χ1n) is 9.63. The number of rotatable bonds is 7. The summed E-state index contributed by atoms with van der Waals surface area (Å²) in [6.07, 6.45) is 1.44. The Balaban J connectivity index is 1.61. The molecule has 1 N–H and O–H groups in total. The van der Waals surface area contributed by atoms with Gasteiger partial charge in [0.25, 0.3) is 5.69 Å². The van der Waals surface area contributed by atoms with Gasteiger partial charge in [-0.25, -0.2) is 17.8 Å². The molecule has 0 bridgehead atoms. The molecule has 1 aromatic heterocycles. The Morgan fingerprint density at radius 2 is 1.84 bits per heavy atom. The van der Waals surface area contributed by atoms with Crippen molar-refractivity contribution in [3.05, 3.63) is 58.5 Å². The van der Waals surface area contributed by atoms with E-state index in [2.05, 4.69) is 9.71 Å². The van der Waals surface area contributed by atoms with E-state index in [4.69, 9.17) is 0 Å². The molecule has 0 saturated carbocycles. The molecular weight excluding hydrogens is 429 g/mol. The molecule has 1 saturated heterocycles. The Kier molecular flexibility index (Phi) is 6.81. The summed E-state index contributed by atoms with van der Waals surface area (Å²) in [6.45, 7) is 3.32. The van der Waals surface area contributed by atoms with Crippen LogP contribution in [0.15, 0.2) is 47.5 Å². The zero-order chi connectivity index (χ0) is 22.6. The number of anilines is 1. The second kappa shape index (κ2) is 9.35. The number of hydrogen-bond donors (Lipinski definition) is 1. The normalized spacial score (nSPS) is 15.5. The van der Waals surface area contributed by atoms with Gasteiger partial charge in [0, 0.05) is 32.2 Å². The van der Waals surface area contributed by atoms with Gasteiger partial charge < -0.3 is 9.80 Å². The zero-order valence-electron chi connectivity index (χ0n) is 16.8. The highest BCUT2D eigenvalue weighted by Gasteiger charge is 2.30. The number of nitrogens with zero attached hydrogens (tertiary/aromatic N) is 4. The summed E-state index contributed by atoms with van der Waals surface area (Å²) < 4.78 is 40.6. The maximum atomic E-state index is 13.1.